The van der Waals surface area contributed by atoms with E-state index in [4.69, 9.17) is 11.6 Å². The van der Waals surface area contributed by atoms with Gasteiger partial charge in [0.25, 0.3) is 0 Å². The monoisotopic (exact) mass is 383 g/mol. The Balaban J connectivity index is 2.04. The first-order valence-corrected chi connectivity index (χ1v) is 8.24. The molecular weight excluding hydrogens is 366 g/mol. The van der Waals surface area contributed by atoms with E-state index in [1.54, 1.807) is 6.07 Å². The van der Waals surface area contributed by atoms with E-state index in [0.717, 1.165) is 21.4 Å². The number of carbonyl (C=O) groups excluding carboxylic acids is 1. The van der Waals surface area contributed by atoms with Crippen molar-refractivity contribution in [1.29, 1.82) is 0 Å². The molecule has 4 nitrogen and oxygen atoms in total. The summed E-state index contributed by atoms with van der Waals surface area (Å²) in [5, 5.41) is 7.99. The van der Waals surface area contributed by atoms with Crippen molar-refractivity contribution in [2.24, 2.45) is 0 Å². The molecule has 1 aromatic heterocycles. The van der Waals surface area contributed by atoms with Gasteiger partial charge in [-0.2, -0.15) is 5.10 Å². The summed E-state index contributed by atoms with van der Waals surface area (Å²) in [5.74, 6) is -0.0592. The van der Waals surface area contributed by atoms with E-state index >= 15 is 0 Å². The number of hydrogen-bond acceptors (Lipinski definition) is 2. The molecule has 0 saturated carbocycles. The first-order valence-electron chi connectivity index (χ1n) is 7.06. The Kier molecular flexibility index (Phi) is 5.29. The number of nitrogens with zero attached hydrogens (tertiary/aromatic N) is 2. The second-order valence-electron chi connectivity index (χ2n) is 5.49. The molecule has 1 N–H and O–H groups in total. The van der Waals surface area contributed by atoms with E-state index in [0.29, 0.717) is 17.1 Å². The molecule has 0 aliphatic carbocycles. The van der Waals surface area contributed by atoms with Crippen LogP contribution >= 0.6 is 27.5 Å². The molecule has 1 aromatic carbocycles. The lowest BCUT2D eigenvalue weighted by atomic mass is 10.2. The number of aryl methyl sites for hydroxylation is 2. The van der Waals surface area contributed by atoms with Gasteiger partial charge in [-0.3, -0.25) is 9.48 Å². The number of anilines is 1. The zero-order valence-corrected chi connectivity index (χ0v) is 15.4. The smallest absolute Gasteiger partial charge is 0.226 e. The lowest BCUT2D eigenvalue weighted by Gasteiger charge is -2.14. The Bertz CT molecular complexity index is 712. The molecule has 1 heterocycles. The van der Waals surface area contributed by atoms with Gasteiger partial charge < -0.3 is 5.32 Å². The predicted molar refractivity (Wildman–Crippen MR) is 93.5 cm³/mol. The van der Waals surface area contributed by atoms with E-state index in [1.807, 2.05) is 44.5 Å². The summed E-state index contributed by atoms with van der Waals surface area (Å²) >= 11 is 9.57. The zero-order chi connectivity index (χ0) is 16.4. The highest BCUT2D eigenvalue weighted by Crippen LogP contribution is 2.25. The van der Waals surface area contributed by atoms with Crippen LogP contribution in [0, 0.1) is 20.8 Å². The minimum atomic E-state index is -0.0592. The minimum Gasteiger partial charge on any atom is -0.326 e. The third kappa shape index (κ3) is 3.70. The van der Waals surface area contributed by atoms with E-state index in [-0.39, 0.29) is 11.9 Å². The van der Waals surface area contributed by atoms with Crippen molar-refractivity contribution in [1.82, 2.24) is 9.78 Å². The molecule has 0 aliphatic heterocycles. The van der Waals surface area contributed by atoms with Gasteiger partial charge in [-0.15, -0.1) is 0 Å². The molecular formula is C16H19BrClN3O. The SMILES string of the molecule is Cc1ccc(NC(=O)C[C@@H](C)n2nc(C)c(Br)c2C)cc1Cl. The van der Waals surface area contributed by atoms with Crippen molar-refractivity contribution in [3.05, 3.63) is 44.6 Å². The Hall–Kier alpha value is -1.33. The van der Waals surface area contributed by atoms with Gasteiger partial charge in [-0.25, -0.2) is 0 Å². The molecule has 0 unspecified atom stereocenters. The number of nitrogens with one attached hydrogen (secondary N) is 1. The van der Waals surface area contributed by atoms with Crippen LogP contribution in [0.4, 0.5) is 5.69 Å². The summed E-state index contributed by atoms with van der Waals surface area (Å²) in [4.78, 5) is 12.2. The lowest BCUT2D eigenvalue weighted by molar-refractivity contribution is -0.116. The first-order chi connectivity index (χ1) is 10.3. The maximum Gasteiger partial charge on any atom is 0.226 e. The highest BCUT2D eigenvalue weighted by Gasteiger charge is 2.17. The van der Waals surface area contributed by atoms with Crippen LogP contribution in [0.25, 0.3) is 0 Å². The molecule has 22 heavy (non-hydrogen) atoms. The van der Waals surface area contributed by atoms with Gasteiger partial charge in [0, 0.05) is 17.1 Å². The normalized spacial score (nSPS) is 12.3. The summed E-state index contributed by atoms with van der Waals surface area (Å²) in [7, 11) is 0. The number of aromatic nitrogens is 2. The van der Waals surface area contributed by atoms with Crippen LogP contribution < -0.4 is 5.32 Å². The molecule has 0 radical (unpaired) electrons. The van der Waals surface area contributed by atoms with Crippen molar-refractivity contribution in [3.8, 4) is 0 Å². The maximum atomic E-state index is 12.2. The number of benzene rings is 1. The van der Waals surface area contributed by atoms with Crippen LogP contribution in [-0.2, 0) is 4.79 Å². The number of carbonyl (C=O) groups is 1. The van der Waals surface area contributed by atoms with Crippen LogP contribution in [0.15, 0.2) is 22.7 Å². The van der Waals surface area contributed by atoms with Crippen LogP contribution in [0.5, 0.6) is 0 Å². The number of rotatable bonds is 4. The molecule has 118 valence electrons. The van der Waals surface area contributed by atoms with E-state index < -0.39 is 0 Å². The second-order valence-corrected chi connectivity index (χ2v) is 6.69. The second kappa shape index (κ2) is 6.84. The molecule has 0 spiro atoms. The summed E-state index contributed by atoms with van der Waals surface area (Å²) in [5.41, 5.74) is 3.65. The minimum absolute atomic E-state index is 0.0223. The molecule has 0 bridgehead atoms. The third-order valence-corrected chi connectivity index (χ3v) is 5.15. The topological polar surface area (TPSA) is 46.9 Å². The average Bonchev–Trinajstić information content (AvgIpc) is 2.70. The Morgan fingerprint density at radius 2 is 2.09 bits per heavy atom. The lowest BCUT2D eigenvalue weighted by Crippen LogP contribution is -2.19. The highest BCUT2D eigenvalue weighted by atomic mass is 79.9. The maximum absolute atomic E-state index is 12.2. The van der Waals surface area contributed by atoms with Gasteiger partial charge in [0.05, 0.1) is 21.9 Å². The molecule has 0 aliphatic rings. The van der Waals surface area contributed by atoms with Crippen LogP contribution in [0.1, 0.15) is 36.3 Å². The average molecular weight is 385 g/mol. The predicted octanol–water partition coefficient (Wildman–Crippen LogP) is 4.81. The van der Waals surface area contributed by atoms with E-state index in [9.17, 15) is 4.79 Å². The number of halogens is 2. The fraction of sp³-hybridized carbons (Fsp3) is 0.375. The molecule has 0 saturated heterocycles. The molecule has 2 aromatic rings. The van der Waals surface area contributed by atoms with Crippen LogP contribution in [-0.4, -0.2) is 15.7 Å². The van der Waals surface area contributed by atoms with Gasteiger partial charge in [0.2, 0.25) is 5.91 Å². The molecule has 1 amide bonds. The zero-order valence-electron chi connectivity index (χ0n) is 13.1. The van der Waals surface area contributed by atoms with Gasteiger partial charge >= 0.3 is 0 Å². The first kappa shape index (κ1) is 17.0. The fourth-order valence-electron chi connectivity index (χ4n) is 2.31. The summed E-state index contributed by atoms with van der Waals surface area (Å²) in [6.45, 7) is 7.83. The molecule has 0 fully saturated rings. The standard InChI is InChI=1S/C16H19BrClN3O/c1-9-5-6-13(8-14(9)18)19-15(22)7-10(2)21-12(4)16(17)11(3)20-21/h5-6,8,10H,7H2,1-4H3,(H,19,22)/t10-/m1/s1. The fourth-order valence-corrected chi connectivity index (χ4v) is 2.75. The van der Waals surface area contributed by atoms with Gasteiger partial charge in [0.15, 0.2) is 0 Å². The van der Waals surface area contributed by atoms with Gasteiger partial charge in [0.1, 0.15) is 0 Å². The quantitative estimate of drug-likeness (QED) is 0.822. The number of amides is 1. The Labute approximate surface area is 144 Å². The van der Waals surface area contributed by atoms with Gasteiger partial charge in [-0.05, 0) is 61.3 Å². The third-order valence-electron chi connectivity index (χ3n) is 3.59. The van der Waals surface area contributed by atoms with Crippen LogP contribution in [0.3, 0.4) is 0 Å². The Morgan fingerprint density at radius 1 is 1.41 bits per heavy atom. The largest absolute Gasteiger partial charge is 0.326 e. The summed E-state index contributed by atoms with van der Waals surface area (Å²) in [6.07, 6.45) is 0.347. The van der Waals surface area contributed by atoms with Crippen molar-refractivity contribution in [3.63, 3.8) is 0 Å². The molecule has 6 heteroatoms. The van der Waals surface area contributed by atoms with Crippen molar-refractivity contribution >= 4 is 39.1 Å². The van der Waals surface area contributed by atoms with Crippen LogP contribution in [0.2, 0.25) is 5.02 Å². The van der Waals surface area contributed by atoms with E-state index in [2.05, 4.69) is 26.3 Å². The Morgan fingerprint density at radius 3 is 2.64 bits per heavy atom. The van der Waals surface area contributed by atoms with Crippen molar-refractivity contribution in [2.75, 3.05) is 5.32 Å². The van der Waals surface area contributed by atoms with Crippen molar-refractivity contribution in [2.45, 2.75) is 40.2 Å². The molecule has 2 rings (SSSR count). The number of hydrogen-bond donors (Lipinski definition) is 1. The summed E-state index contributed by atoms with van der Waals surface area (Å²) < 4.78 is 2.87. The summed E-state index contributed by atoms with van der Waals surface area (Å²) in [6, 6.07) is 5.48. The highest BCUT2D eigenvalue weighted by molar-refractivity contribution is 9.10. The van der Waals surface area contributed by atoms with Gasteiger partial charge in [-0.1, -0.05) is 17.7 Å². The van der Waals surface area contributed by atoms with Crippen molar-refractivity contribution < 1.29 is 4.79 Å². The van der Waals surface area contributed by atoms with E-state index in [1.165, 1.54) is 0 Å². The molecule has 1 atom stereocenters.